The summed E-state index contributed by atoms with van der Waals surface area (Å²) in [6.45, 7) is 1.94. The Labute approximate surface area is 120 Å². The van der Waals surface area contributed by atoms with Crippen molar-refractivity contribution in [1.29, 1.82) is 0 Å². The number of aliphatic hydroxyl groups excluding tert-OH is 1. The predicted molar refractivity (Wildman–Crippen MR) is 68.1 cm³/mol. The van der Waals surface area contributed by atoms with E-state index in [-0.39, 0.29) is 30.3 Å². The fourth-order valence-corrected chi connectivity index (χ4v) is 3.16. The number of carboxylic acid groups (broad SMARTS) is 1. The molecule has 0 fully saturated rings. The molecule has 2 atom stereocenters. The summed E-state index contributed by atoms with van der Waals surface area (Å²) in [6.07, 6.45) is -2.15. The Kier molecular flexibility index (Phi) is 3.16. The quantitative estimate of drug-likeness (QED) is 0.762. The highest BCUT2D eigenvalue weighted by molar-refractivity contribution is 5.66. The minimum Gasteiger partial charge on any atom is -0.465 e. The molecule has 2 aliphatic rings. The van der Waals surface area contributed by atoms with Crippen LogP contribution in [0.25, 0.3) is 0 Å². The molecular formula is C13H17F2N3O3. The van der Waals surface area contributed by atoms with Crippen molar-refractivity contribution in [2.75, 3.05) is 0 Å². The second kappa shape index (κ2) is 4.66. The summed E-state index contributed by atoms with van der Waals surface area (Å²) in [5, 5.41) is 23.1. The maximum Gasteiger partial charge on any atom is 0.407 e. The Hall–Kier alpha value is -1.70. The standard InChI is InChI=1S/C13H17F2N3O3/c1-7-5-9-8(6-17(7)12(20)21)11-13(14,15)10(19)3-2-4-18(11)16-9/h7,10,19H,2-6H2,1H3,(H,20,21)/t7-,10?/m1/s1. The zero-order valence-electron chi connectivity index (χ0n) is 11.6. The minimum absolute atomic E-state index is 0.00415. The highest BCUT2D eigenvalue weighted by Gasteiger charge is 2.48. The van der Waals surface area contributed by atoms with Gasteiger partial charge in [-0.1, -0.05) is 0 Å². The van der Waals surface area contributed by atoms with Gasteiger partial charge in [-0.3, -0.25) is 4.68 Å². The van der Waals surface area contributed by atoms with E-state index >= 15 is 0 Å². The van der Waals surface area contributed by atoms with Crippen LogP contribution in [0.2, 0.25) is 0 Å². The molecule has 116 valence electrons. The van der Waals surface area contributed by atoms with Crippen LogP contribution in [0.3, 0.4) is 0 Å². The van der Waals surface area contributed by atoms with Crippen LogP contribution in [0, 0.1) is 0 Å². The fraction of sp³-hybridized carbons (Fsp3) is 0.692. The van der Waals surface area contributed by atoms with Gasteiger partial charge >= 0.3 is 12.0 Å². The number of carbonyl (C=O) groups is 1. The lowest BCUT2D eigenvalue weighted by atomic mass is 9.96. The molecule has 1 aromatic rings. The maximum absolute atomic E-state index is 14.4. The van der Waals surface area contributed by atoms with Crippen molar-refractivity contribution in [3.05, 3.63) is 17.0 Å². The van der Waals surface area contributed by atoms with Crippen LogP contribution in [0.4, 0.5) is 13.6 Å². The first-order valence-electron chi connectivity index (χ1n) is 6.96. The van der Waals surface area contributed by atoms with Gasteiger partial charge < -0.3 is 15.1 Å². The van der Waals surface area contributed by atoms with Gasteiger partial charge in [-0.05, 0) is 19.8 Å². The third-order valence-corrected chi connectivity index (χ3v) is 4.31. The molecule has 1 aromatic heterocycles. The van der Waals surface area contributed by atoms with E-state index in [0.717, 1.165) is 4.90 Å². The second-order valence-corrected chi connectivity index (χ2v) is 5.74. The summed E-state index contributed by atoms with van der Waals surface area (Å²) in [5.74, 6) is -3.40. The van der Waals surface area contributed by atoms with Gasteiger partial charge in [-0.25, -0.2) is 4.79 Å². The zero-order chi connectivity index (χ0) is 15.4. The van der Waals surface area contributed by atoms with Gasteiger partial charge in [-0.15, -0.1) is 0 Å². The van der Waals surface area contributed by atoms with Gasteiger partial charge in [0, 0.05) is 24.6 Å². The normalized spacial score (nSPS) is 27.7. The van der Waals surface area contributed by atoms with Gasteiger partial charge in [0.25, 0.3) is 0 Å². The molecule has 3 heterocycles. The molecule has 0 bridgehead atoms. The number of rotatable bonds is 0. The van der Waals surface area contributed by atoms with Crippen LogP contribution in [0.15, 0.2) is 0 Å². The number of aromatic nitrogens is 2. The number of hydrogen-bond donors (Lipinski definition) is 2. The highest BCUT2D eigenvalue weighted by Crippen LogP contribution is 2.41. The lowest BCUT2D eigenvalue weighted by Gasteiger charge is -2.31. The number of fused-ring (bicyclic) bond motifs is 3. The summed E-state index contributed by atoms with van der Waals surface area (Å²) in [6, 6.07) is -0.298. The first-order chi connectivity index (χ1) is 9.82. The largest absolute Gasteiger partial charge is 0.465 e. The maximum atomic E-state index is 14.4. The van der Waals surface area contributed by atoms with Gasteiger partial charge in [0.2, 0.25) is 0 Å². The second-order valence-electron chi connectivity index (χ2n) is 5.74. The zero-order valence-corrected chi connectivity index (χ0v) is 11.6. The molecule has 0 aromatic carbocycles. The summed E-state index contributed by atoms with van der Waals surface area (Å²) in [7, 11) is 0. The van der Waals surface area contributed by atoms with E-state index in [9.17, 15) is 23.8 Å². The number of halogens is 2. The molecule has 0 saturated heterocycles. The molecule has 1 unspecified atom stereocenters. The first kappa shape index (κ1) is 14.2. The van der Waals surface area contributed by atoms with Crippen LogP contribution in [-0.2, 0) is 25.4 Å². The van der Waals surface area contributed by atoms with Crippen molar-refractivity contribution in [3.8, 4) is 0 Å². The average molecular weight is 301 g/mol. The summed E-state index contributed by atoms with van der Waals surface area (Å²) in [4.78, 5) is 12.4. The lowest BCUT2D eigenvalue weighted by Crippen LogP contribution is -2.42. The third-order valence-electron chi connectivity index (χ3n) is 4.31. The van der Waals surface area contributed by atoms with Crippen LogP contribution in [0.1, 0.15) is 36.7 Å². The summed E-state index contributed by atoms with van der Waals surface area (Å²) in [5.41, 5.74) is 0.450. The van der Waals surface area contributed by atoms with E-state index in [1.165, 1.54) is 4.68 Å². The van der Waals surface area contributed by atoms with E-state index in [0.29, 0.717) is 25.1 Å². The Morgan fingerprint density at radius 1 is 1.48 bits per heavy atom. The molecule has 0 saturated carbocycles. The molecule has 0 spiro atoms. The molecule has 0 radical (unpaired) electrons. The smallest absolute Gasteiger partial charge is 0.407 e. The topological polar surface area (TPSA) is 78.6 Å². The van der Waals surface area contributed by atoms with Gasteiger partial charge in [0.1, 0.15) is 11.8 Å². The Morgan fingerprint density at radius 3 is 2.86 bits per heavy atom. The first-order valence-corrected chi connectivity index (χ1v) is 6.96. The van der Waals surface area contributed by atoms with Gasteiger partial charge in [0.05, 0.1) is 12.2 Å². The molecule has 1 amide bonds. The Morgan fingerprint density at radius 2 is 2.19 bits per heavy atom. The van der Waals surface area contributed by atoms with Crippen molar-refractivity contribution in [2.24, 2.45) is 0 Å². The van der Waals surface area contributed by atoms with Crippen molar-refractivity contribution in [2.45, 2.75) is 57.3 Å². The van der Waals surface area contributed by atoms with Crippen molar-refractivity contribution >= 4 is 6.09 Å². The molecule has 8 heteroatoms. The van der Waals surface area contributed by atoms with Crippen molar-refractivity contribution in [3.63, 3.8) is 0 Å². The molecule has 2 aliphatic heterocycles. The van der Waals surface area contributed by atoms with Gasteiger partial charge in [-0.2, -0.15) is 13.9 Å². The monoisotopic (exact) mass is 301 g/mol. The van der Waals surface area contributed by atoms with E-state index in [1.807, 2.05) is 0 Å². The number of amides is 1. The van der Waals surface area contributed by atoms with Crippen molar-refractivity contribution in [1.82, 2.24) is 14.7 Å². The molecule has 0 aliphatic carbocycles. The summed E-state index contributed by atoms with van der Waals surface area (Å²) >= 11 is 0. The average Bonchev–Trinajstić information content (AvgIpc) is 2.69. The predicted octanol–water partition coefficient (Wildman–Crippen LogP) is 1.55. The van der Waals surface area contributed by atoms with Crippen molar-refractivity contribution < 1.29 is 23.8 Å². The van der Waals surface area contributed by atoms with Crippen LogP contribution >= 0.6 is 0 Å². The van der Waals surface area contributed by atoms with E-state index in [2.05, 4.69) is 5.10 Å². The Bertz CT molecular complexity index is 587. The molecule has 6 nitrogen and oxygen atoms in total. The number of nitrogens with zero attached hydrogens (tertiary/aromatic N) is 3. The number of hydrogen-bond acceptors (Lipinski definition) is 3. The van der Waals surface area contributed by atoms with Crippen LogP contribution < -0.4 is 0 Å². The lowest BCUT2D eigenvalue weighted by molar-refractivity contribution is -0.119. The third kappa shape index (κ3) is 2.08. The molecular weight excluding hydrogens is 284 g/mol. The van der Waals surface area contributed by atoms with Crippen LogP contribution in [-0.4, -0.2) is 43.1 Å². The molecule has 3 rings (SSSR count). The van der Waals surface area contributed by atoms with E-state index < -0.39 is 18.1 Å². The number of aryl methyl sites for hydroxylation is 1. The number of alkyl halides is 2. The SMILES string of the molecule is C[C@@H]1Cc2nn3c(c2CN1C(=O)O)C(F)(F)C(O)CCC3. The van der Waals surface area contributed by atoms with E-state index in [4.69, 9.17) is 0 Å². The van der Waals surface area contributed by atoms with E-state index in [1.54, 1.807) is 6.92 Å². The minimum atomic E-state index is -3.40. The fourth-order valence-electron chi connectivity index (χ4n) is 3.16. The Balaban J connectivity index is 2.10. The molecule has 21 heavy (non-hydrogen) atoms. The van der Waals surface area contributed by atoms with Crippen LogP contribution in [0.5, 0.6) is 0 Å². The molecule has 2 N–H and O–H groups in total. The van der Waals surface area contributed by atoms with Gasteiger partial charge in [0.15, 0.2) is 0 Å². The summed E-state index contributed by atoms with van der Waals surface area (Å²) < 4.78 is 30.1. The highest BCUT2D eigenvalue weighted by atomic mass is 19.3. The number of aliphatic hydroxyl groups is 1.